The topological polar surface area (TPSA) is 130 Å². The number of hydrogen-bond acceptors (Lipinski definition) is 7. The first-order chi connectivity index (χ1) is 23.1. The van der Waals surface area contributed by atoms with Gasteiger partial charge in [-0.2, -0.15) is 0 Å². The lowest BCUT2D eigenvalue weighted by Gasteiger charge is -2.35. The molecule has 0 unspecified atom stereocenters. The number of likely N-dealkylation sites (N-methyl/N-ethyl adjacent to an activating group) is 1. The maximum Gasteiger partial charge on any atom is 0.321 e. The van der Waals surface area contributed by atoms with Gasteiger partial charge in [0.05, 0.1) is 37.5 Å². The van der Waals surface area contributed by atoms with Gasteiger partial charge in [-0.25, -0.2) is 4.79 Å². The Morgan fingerprint density at radius 3 is 2.38 bits per heavy atom. The summed E-state index contributed by atoms with van der Waals surface area (Å²) in [6, 6.07) is 11.6. The number of methoxy groups -OCH3 is 1. The number of ether oxygens (including phenoxy) is 3. The third kappa shape index (κ3) is 10.3. The van der Waals surface area contributed by atoms with E-state index in [2.05, 4.69) is 10.6 Å². The molecule has 0 saturated heterocycles. The molecule has 4 atom stereocenters. The van der Waals surface area contributed by atoms with Crippen LogP contribution in [0.1, 0.15) is 82.5 Å². The van der Waals surface area contributed by atoms with Gasteiger partial charge in [0.2, 0.25) is 5.91 Å². The highest BCUT2D eigenvalue weighted by atomic mass is 16.5. The van der Waals surface area contributed by atoms with Crippen LogP contribution in [0.15, 0.2) is 42.5 Å². The molecular weight excluding hydrogens is 612 g/mol. The Morgan fingerprint density at radius 2 is 1.69 bits per heavy atom. The van der Waals surface area contributed by atoms with Crippen LogP contribution in [0.5, 0.6) is 11.5 Å². The molecule has 2 aliphatic rings. The minimum absolute atomic E-state index is 0.0216. The highest BCUT2D eigenvalue weighted by Crippen LogP contribution is 2.30. The lowest BCUT2D eigenvalue weighted by atomic mass is 9.88. The van der Waals surface area contributed by atoms with Gasteiger partial charge >= 0.3 is 6.03 Å². The minimum atomic E-state index is -0.504. The zero-order valence-corrected chi connectivity index (χ0v) is 29.2. The fourth-order valence-corrected chi connectivity index (χ4v) is 6.32. The van der Waals surface area contributed by atoms with E-state index in [1.54, 1.807) is 73.3 Å². The van der Waals surface area contributed by atoms with E-state index in [4.69, 9.17) is 14.2 Å². The van der Waals surface area contributed by atoms with Crippen molar-refractivity contribution in [1.29, 1.82) is 0 Å². The Morgan fingerprint density at radius 1 is 1.00 bits per heavy atom. The van der Waals surface area contributed by atoms with Crippen molar-refractivity contribution in [3.8, 4) is 11.5 Å². The maximum atomic E-state index is 14.4. The fourth-order valence-electron chi connectivity index (χ4n) is 6.32. The van der Waals surface area contributed by atoms with E-state index >= 15 is 0 Å². The summed E-state index contributed by atoms with van der Waals surface area (Å²) < 4.78 is 17.9. The van der Waals surface area contributed by atoms with Crippen LogP contribution in [-0.4, -0.2) is 91.5 Å². The van der Waals surface area contributed by atoms with Crippen LogP contribution in [0, 0.1) is 11.8 Å². The van der Waals surface area contributed by atoms with Gasteiger partial charge in [-0.3, -0.25) is 9.59 Å². The molecule has 11 heteroatoms. The van der Waals surface area contributed by atoms with Gasteiger partial charge in [0.25, 0.3) is 5.91 Å². The molecule has 3 N–H and O–H groups in total. The second-order valence-electron chi connectivity index (χ2n) is 13.4. The predicted molar refractivity (Wildman–Crippen MR) is 187 cm³/mol. The number of anilines is 2. The van der Waals surface area contributed by atoms with Gasteiger partial charge in [-0.05, 0) is 88.4 Å². The zero-order valence-electron chi connectivity index (χ0n) is 29.2. The minimum Gasteiger partial charge on any atom is -0.497 e. The third-order valence-corrected chi connectivity index (χ3v) is 9.44. The van der Waals surface area contributed by atoms with Crippen LogP contribution < -0.4 is 20.1 Å². The lowest BCUT2D eigenvalue weighted by Crippen LogP contribution is -2.48. The average Bonchev–Trinajstić information content (AvgIpc) is 3.10. The molecule has 1 saturated carbocycles. The summed E-state index contributed by atoms with van der Waals surface area (Å²) >= 11 is 0. The van der Waals surface area contributed by atoms with Crippen LogP contribution in [0.4, 0.5) is 16.2 Å². The van der Waals surface area contributed by atoms with Gasteiger partial charge in [-0.15, -0.1) is 0 Å². The summed E-state index contributed by atoms with van der Waals surface area (Å²) in [5.74, 6) is 0.598. The van der Waals surface area contributed by atoms with Crippen molar-refractivity contribution in [3.05, 3.63) is 48.0 Å². The molecule has 0 radical (unpaired) electrons. The number of nitrogens with one attached hydrogen (secondary N) is 2. The van der Waals surface area contributed by atoms with Crippen LogP contribution >= 0.6 is 0 Å². The zero-order chi connectivity index (χ0) is 34.6. The number of benzene rings is 2. The number of aliphatic hydroxyl groups excluding tert-OH is 1. The summed E-state index contributed by atoms with van der Waals surface area (Å²) in [5, 5.41) is 16.2. The molecule has 1 aliphatic heterocycles. The SMILES string of the molecule is COc1ccc(NC(=O)N(C)C[C@@H]2OCCCC[C@@H](C)Oc3ccc(NC(=O)C4CCCCC4)cc3C(=O)N([C@H](C)CO)C[C@H]2C)cc1. The number of nitrogens with zero attached hydrogens (tertiary/aromatic N) is 2. The van der Waals surface area contributed by atoms with Crippen LogP contribution in [-0.2, 0) is 9.53 Å². The summed E-state index contributed by atoms with van der Waals surface area (Å²) in [5.41, 5.74) is 1.53. The second kappa shape index (κ2) is 18.1. The van der Waals surface area contributed by atoms with E-state index in [9.17, 15) is 19.5 Å². The number of carbonyl (C=O) groups is 3. The molecule has 264 valence electrons. The molecule has 2 aromatic rings. The molecule has 0 aromatic heterocycles. The van der Waals surface area contributed by atoms with E-state index < -0.39 is 6.04 Å². The maximum absolute atomic E-state index is 14.4. The van der Waals surface area contributed by atoms with Gasteiger partial charge in [-0.1, -0.05) is 26.2 Å². The fraction of sp³-hybridized carbons (Fsp3) is 0.595. The Kier molecular flexibility index (Phi) is 13.9. The quantitative estimate of drug-likeness (QED) is 0.307. The first kappa shape index (κ1) is 37.0. The number of carbonyl (C=O) groups excluding carboxylic acids is 3. The Balaban J connectivity index is 1.56. The Bertz CT molecular complexity index is 1350. The number of aliphatic hydroxyl groups is 1. The van der Waals surface area contributed by atoms with Crippen molar-refractivity contribution in [3.63, 3.8) is 0 Å². The van der Waals surface area contributed by atoms with Crippen molar-refractivity contribution in [2.45, 2.75) is 90.4 Å². The largest absolute Gasteiger partial charge is 0.497 e. The standard InChI is InChI=1S/C37H54N4O7/c1-25-22-41(26(2)24-42)36(44)32-21-30(38-35(43)28-12-7-6-8-13-28)16-19-33(32)48-27(3)11-9-10-20-47-34(25)23-40(4)37(45)39-29-14-17-31(46-5)18-15-29/h14-19,21,25-28,34,42H,6-13,20,22-24H2,1-5H3,(H,38,43)(H,39,45)/t25-,26-,27-,34+/m1/s1. The number of hydrogen-bond donors (Lipinski definition) is 3. The van der Waals surface area contributed by atoms with Gasteiger partial charge in [0, 0.05) is 50.0 Å². The van der Waals surface area contributed by atoms with Crippen molar-refractivity contribution in [2.75, 3.05) is 51.1 Å². The molecule has 2 aromatic carbocycles. The number of urea groups is 1. The molecule has 48 heavy (non-hydrogen) atoms. The highest BCUT2D eigenvalue weighted by Gasteiger charge is 2.31. The van der Waals surface area contributed by atoms with Crippen molar-refractivity contribution >= 4 is 29.2 Å². The van der Waals surface area contributed by atoms with E-state index in [0.717, 1.165) is 51.4 Å². The molecule has 4 rings (SSSR count). The first-order valence-corrected chi connectivity index (χ1v) is 17.4. The first-order valence-electron chi connectivity index (χ1n) is 17.4. The average molecular weight is 667 g/mol. The van der Waals surface area contributed by atoms with E-state index in [-0.39, 0.29) is 55.0 Å². The monoisotopic (exact) mass is 666 g/mol. The molecular formula is C37H54N4O7. The molecule has 0 spiro atoms. The van der Waals surface area contributed by atoms with Gasteiger partial charge in [0.15, 0.2) is 0 Å². The molecule has 0 bridgehead atoms. The summed E-state index contributed by atoms with van der Waals surface area (Å²) in [7, 11) is 3.31. The lowest BCUT2D eigenvalue weighted by molar-refractivity contribution is -0.120. The van der Waals surface area contributed by atoms with Crippen molar-refractivity contribution < 1.29 is 33.7 Å². The summed E-state index contributed by atoms with van der Waals surface area (Å²) in [6.07, 6.45) is 6.90. The molecule has 11 nitrogen and oxygen atoms in total. The number of rotatable bonds is 8. The Hall–Kier alpha value is -3.83. The third-order valence-electron chi connectivity index (χ3n) is 9.44. The normalized spacial score (nSPS) is 22.0. The second-order valence-corrected chi connectivity index (χ2v) is 13.4. The molecule has 4 amide bonds. The summed E-state index contributed by atoms with van der Waals surface area (Å²) in [4.78, 5) is 43.8. The van der Waals surface area contributed by atoms with E-state index in [0.29, 0.717) is 41.6 Å². The van der Waals surface area contributed by atoms with Crippen molar-refractivity contribution in [1.82, 2.24) is 9.80 Å². The molecule has 1 heterocycles. The number of fused-ring (bicyclic) bond motifs is 1. The van der Waals surface area contributed by atoms with E-state index in [1.165, 1.54) is 0 Å². The molecule has 1 aliphatic carbocycles. The Labute approximate surface area is 285 Å². The van der Waals surface area contributed by atoms with Crippen molar-refractivity contribution in [2.24, 2.45) is 11.8 Å². The molecule has 1 fully saturated rings. The van der Waals surface area contributed by atoms with Gasteiger partial charge < -0.3 is 39.8 Å². The van der Waals surface area contributed by atoms with Crippen LogP contribution in [0.3, 0.4) is 0 Å². The van der Waals surface area contributed by atoms with Gasteiger partial charge in [0.1, 0.15) is 11.5 Å². The van der Waals surface area contributed by atoms with Crippen LogP contribution in [0.25, 0.3) is 0 Å². The van der Waals surface area contributed by atoms with Crippen LogP contribution in [0.2, 0.25) is 0 Å². The predicted octanol–water partition coefficient (Wildman–Crippen LogP) is 6.17. The highest BCUT2D eigenvalue weighted by molar-refractivity contribution is 6.00. The van der Waals surface area contributed by atoms with E-state index in [1.807, 2.05) is 13.8 Å². The number of amides is 4. The summed E-state index contributed by atoms with van der Waals surface area (Å²) in [6.45, 7) is 6.61. The smallest absolute Gasteiger partial charge is 0.321 e.